The Labute approximate surface area is 149 Å². The number of hydrogen-bond acceptors (Lipinski definition) is 3. The van der Waals surface area contributed by atoms with Gasteiger partial charge in [0.2, 0.25) is 10.0 Å². The van der Waals surface area contributed by atoms with Crippen LogP contribution in [0, 0.1) is 6.92 Å². The number of rotatable bonds is 7. The summed E-state index contributed by atoms with van der Waals surface area (Å²) in [5, 5.41) is 2.86. The average Bonchev–Trinajstić information content (AvgIpc) is 2.61. The van der Waals surface area contributed by atoms with Crippen molar-refractivity contribution in [1.82, 2.24) is 9.62 Å². The van der Waals surface area contributed by atoms with Gasteiger partial charge in [0, 0.05) is 25.2 Å². The van der Waals surface area contributed by atoms with E-state index >= 15 is 0 Å². The lowest BCUT2D eigenvalue weighted by Crippen LogP contribution is -2.30. The van der Waals surface area contributed by atoms with Crippen LogP contribution in [0.5, 0.6) is 0 Å². The van der Waals surface area contributed by atoms with Crippen molar-refractivity contribution in [2.45, 2.75) is 32.2 Å². The zero-order valence-electron chi connectivity index (χ0n) is 14.8. The SMILES string of the molecule is CCN(CC)S(=O)(=O)c1ccc(CNC(=O)c2ccccc2C)cc1. The minimum Gasteiger partial charge on any atom is -0.348 e. The van der Waals surface area contributed by atoms with E-state index in [-0.39, 0.29) is 10.8 Å². The fraction of sp³-hybridized carbons (Fsp3) is 0.316. The molecular formula is C19H24N2O3S. The molecule has 5 nitrogen and oxygen atoms in total. The molecule has 2 rings (SSSR count). The third-order valence-corrected chi connectivity index (χ3v) is 6.17. The molecule has 1 N–H and O–H groups in total. The van der Waals surface area contributed by atoms with Crippen LogP contribution in [0.15, 0.2) is 53.4 Å². The first-order valence-electron chi connectivity index (χ1n) is 8.33. The molecule has 0 atom stereocenters. The molecule has 0 heterocycles. The van der Waals surface area contributed by atoms with Crippen molar-refractivity contribution in [3.05, 3.63) is 65.2 Å². The Kier molecular flexibility index (Phi) is 6.33. The van der Waals surface area contributed by atoms with Crippen LogP contribution in [-0.2, 0) is 16.6 Å². The van der Waals surface area contributed by atoms with Crippen molar-refractivity contribution in [2.24, 2.45) is 0 Å². The molecule has 0 aliphatic rings. The van der Waals surface area contributed by atoms with E-state index in [1.54, 1.807) is 30.3 Å². The van der Waals surface area contributed by atoms with Gasteiger partial charge in [-0.25, -0.2) is 8.42 Å². The first-order chi connectivity index (χ1) is 11.9. The first kappa shape index (κ1) is 19.1. The number of benzene rings is 2. The van der Waals surface area contributed by atoms with Crippen molar-refractivity contribution >= 4 is 15.9 Å². The van der Waals surface area contributed by atoms with Gasteiger partial charge < -0.3 is 5.32 Å². The molecule has 0 unspecified atom stereocenters. The summed E-state index contributed by atoms with van der Waals surface area (Å²) in [6, 6.07) is 14.0. The van der Waals surface area contributed by atoms with Crippen LogP contribution in [0.1, 0.15) is 35.3 Å². The van der Waals surface area contributed by atoms with Gasteiger partial charge in [-0.2, -0.15) is 4.31 Å². The van der Waals surface area contributed by atoms with E-state index < -0.39 is 10.0 Å². The van der Waals surface area contributed by atoms with Crippen LogP contribution < -0.4 is 5.32 Å². The van der Waals surface area contributed by atoms with Gasteiger partial charge in [0.05, 0.1) is 4.90 Å². The van der Waals surface area contributed by atoms with Gasteiger partial charge in [-0.3, -0.25) is 4.79 Å². The van der Waals surface area contributed by atoms with E-state index in [1.807, 2.05) is 39.0 Å². The van der Waals surface area contributed by atoms with Crippen LogP contribution in [-0.4, -0.2) is 31.7 Å². The molecule has 0 fully saturated rings. The monoisotopic (exact) mass is 360 g/mol. The van der Waals surface area contributed by atoms with Crippen LogP contribution in [0.2, 0.25) is 0 Å². The number of nitrogens with one attached hydrogen (secondary N) is 1. The van der Waals surface area contributed by atoms with Crippen molar-refractivity contribution in [3.8, 4) is 0 Å². The Morgan fingerprint density at radius 2 is 1.60 bits per heavy atom. The summed E-state index contributed by atoms with van der Waals surface area (Å²) >= 11 is 0. The largest absolute Gasteiger partial charge is 0.348 e. The van der Waals surface area contributed by atoms with Crippen LogP contribution in [0.3, 0.4) is 0 Å². The highest BCUT2D eigenvalue weighted by molar-refractivity contribution is 7.89. The number of aryl methyl sites for hydroxylation is 1. The summed E-state index contributed by atoms with van der Waals surface area (Å²) in [6.07, 6.45) is 0. The molecule has 0 saturated heterocycles. The lowest BCUT2D eigenvalue weighted by Gasteiger charge is -2.18. The zero-order valence-corrected chi connectivity index (χ0v) is 15.6. The molecule has 0 bridgehead atoms. The van der Waals surface area contributed by atoms with E-state index in [9.17, 15) is 13.2 Å². The second kappa shape index (κ2) is 8.27. The number of hydrogen-bond donors (Lipinski definition) is 1. The maximum Gasteiger partial charge on any atom is 0.251 e. The summed E-state index contributed by atoms with van der Waals surface area (Å²) in [7, 11) is -3.45. The van der Waals surface area contributed by atoms with E-state index in [0.717, 1.165) is 11.1 Å². The van der Waals surface area contributed by atoms with Gasteiger partial charge in [-0.1, -0.05) is 44.2 Å². The maximum absolute atomic E-state index is 12.5. The second-order valence-corrected chi connectivity index (χ2v) is 7.67. The van der Waals surface area contributed by atoms with Crippen molar-refractivity contribution in [1.29, 1.82) is 0 Å². The van der Waals surface area contributed by atoms with Gasteiger partial charge in [0.15, 0.2) is 0 Å². The average molecular weight is 360 g/mol. The molecule has 0 aliphatic heterocycles. The summed E-state index contributed by atoms with van der Waals surface area (Å²) in [6.45, 7) is 6.74. The molecule has 2 aromatic carbocycles. The third-order valence-electron chi connectivity index (χ3n) is 4.11. The number of nitrogens with zero attached hydrogens (tertiary/aromatic N) is 1. The lowest BCUT2D eigenvalue weighted by molar-refractivity contribution is 0.0950. The summed E-state index contributed by atoms with van der Waals surface area (Å²) < 4.78 is 26.3. The Bertz CT molecular complexity index is 826. The fourth-order valence-electron chi connectivity index (χ4n) is 2.60. The highest BCUT2D eigenvalue weighted by atomic mass is 32.2. The van der Waals surface area contributed by atoms with Gasteiger partial charge in [0.1, 0.15) is 0 Å². The zero-order chi connectivity index (χ0) is 18.4. The normalized spacial score (nSPS) is 11.5. The Balaban J connectivity index is 2.06. The van der Waals surface area contributed by atoms with Gasteiger partial charge in [0.25, 0.3) is 5.91 Å². The smallest absolute Gasteiger partial charge is 0.251 e. The number of carbonyl (C=O) groups is 1. The molecule has 0 aliphatic carbocycles. The third kappa shape index (κ3) is 4.46. The van der Waals surface area contributed by atoms with E-state index in [0.29, 0.717) is 25.2 Å². The van der Waals surface area contributed by atoms with E-state index in [4.69, 9.17) is 0 Å². The highest BCUT2D eigenvalue weighted by Crippen LogP contribution is 2.16. The molecule has 6 heteroatoms. The maximum atomic E-state index is 12.5. The van der Waals surface area contributed by atoms with Crippen LogP contribution >= 0.6 is 0 Å². The Morgan fingerprint density at radius 3 is 2.16 bits per heavy atom. The Hall–Kier alpha value is -2.18. The molecule has 0 aromatic heterocycles. The molecule has 0 radical (unpaired) electrons. The predicted molar refractivity (Wildman–Crippen MR) is 98.9 cm³/mol. The van der Waals surface area contributed by atoms with Crippen molar-refractivity contribution in [2.75, 3.05) is 13.1 Å². The number of amides is 1. The second-order valence-electron chi connectivity index (χ2n) is 5.73. The minimum absolute atomic E-state index is 0.141. The molecule has 0 saturated carbocycles. The summed E-state index contributed by atoms with van der Waals surface area (Å²) in [4.78, 5) is 12.5. The van der Waals surface area contributed by atoms with Crippen LogP contribution in [0.4, 0.5) is 0 Å². The van der Waals surface area contributed by atoms with Crippen molar-refractivity contribution in [3.63, 3.8) is 0 Å². The van der Waals surface area contributed by atoms with Gasteiger partial charge in [-0.05, 0) is 36.2 Å². The van der Waals surface area contributed by atoms with Crippen molar-refractivity contribution < 1.29 is 13.2 Å². The van der Waals surface area contributed by atoms with Crippen LogP contribution in [0.25, 0.3) is 0 Å². The quantitative estimate of drug-likeness (QED) is 0.825. The molecule has 1 amide bonds. The molecule has 25 heavy (non-hydrogen) atoms. The first-order valence-corrected chi connectivity index (χ1v) is 9.77. The lowest BCUT2D eigenvalue weighted by atomic mass is 10.1. The molecule has 0 spiro atoms. The van der Waals surface area contributed by atoms with Gasteiger partial charge >= 0.3 is 0 Å². The standard InChI is InChI=1S/C19H24N2O3S/c1-4-21(5-2)25(23,24)17-12-10-16(11-13-17)14-20-19(22)18-9-7-6-8-15(18)3/h6-13H,4-5,14H2,1-3H3,(H,20,22). The number of carbonyl (C=O) groups excluding carboxylic acids is 1. The minimum atomic E-state index is -3.45. The Morgan fingerprint density at radius 1 is 1.00 bits per heavy atom. The van der Waals surface area contributed by atoms with E-state index in [1.165, 1.54) is 4.31 Å². The van der Waals surface area contributed by atoms with Gasteiger partial charge in [-0.15, -0.1) is 0 Å². The molecule has 134 valence electrons. The fourth-order valence-corrected chi connectivity index (χ4v) is 4.06. The molecule has 2 aromatic rings. The summed E-state index contributed by atoms with van der Waals surface area (Å²) in [5.41, 5.74) is 2.41. The summed E-state index contributed by atoms with van der Waals surface area (Å²) in [5.74, 6) is -0.141. The topological polar surface area (TPSA) is 66.5 Å². The number of sulfonamides is 1. The van der Waals surface area contributed by atoms with E-state index in [2.05, 4.69) is 5.32 Å². The highest BCUT2D eigenvalue weighted by Gasteiger charge is 2.21. The molecular weight excluding hydrogens is 336 g/mol. The predicted octanol–water partition coefficient (Wildman–Crippen LogP) is 2.96.